The largest absolute Gasteiger partial charge is 0.310 e. The topological polar surface area (TPSA) is 104 Å². The number of anilines is 1. The lowest BCUT2D eigenvalue weighted by molar-refractivity contribution is -0.115. The Hall–Kier alpha value is -3.31. The number of H-pyrrole nitrogens is 1. The van der Waals surface area contributed by atoms with E-state index in [0.29, 0.717) is 28.5 Å². The Morgan fingerprint density at radius 1 is 1.21 bits per heavy atom. The van der Waals surface area contributed by atoms with Gasteiger partial charge < -0.3 is 5.32 Å². The number of amides is 1. The summed E-state index contributed by atoms with van der Waals surface area (Å²) in [4.78, 5) is 30.2. The third kappa shape index (κ3) is 5.37. The minimum Gasteiger partial charge on any atom is -0.310 e. The van der Waals surface area contributed by atoms with Crippen molar-refractivity contribution >= 4 is 23.5 Å². The molecule has 1 aromatic carbocycles. The standard InChI is InChI=1S/C25H27N5O2S/c1-2-21(24(32)28-22-15-23(31)30(29-22)19-11-7-5-8-12-19)33-25-18(16-26)14-17-10-6-3-4-9-13-20(17)27-25/h5,7-8,11-12,14-15,21,29H,2-4,6,9-10,13H2,1H3,(H,28,32). The predicted molar refractivity (Wildman–Crippen MR) is 130 cm³/mol. The number of rotatable bonds is 6. The van der Waals surface area contributed by atoms with Crippen LogP contribution in [0, 0.1) is 11.3 Å². The molecule has 1 aliphatic carbocycles. The van der Waals surface area contributed by atoms with Crippen LogP contribution in [0.2, 0.25) is 0 Å². The molecular formula is C25H27N5O2S. The van der Waals surface area contributed by atoms with Crippen LogP contribution in [-0.2, 0) is 17.6 Å². The van der Waals surface area contributed by atoms with Crippen LogP contribution in [0.15, 0.2) is 52.3 Å². The highest BCUT2D eigenvalue weighted by Gasteiger charge is 2.23. The average Bonchev–Trinajstić information content (AvgIpc) is 3.18. The number of thioether (sulfide) groups is 1. The molecule has 0 radical (unpaired) electrons. The van der Waals surface area contributed by atoms with Crippen LogP contribution in [0.3, 0.4) is 0 Å². The molecule has 4 rings (SSSR count). The summed E-state index contributed by atoms with van der Waals surface area (Å²) in [6.45, 7) is 1.93. The molecule has 0 saturated heterocycles. The minimum absolute atomic E-state index is 0.235. The Balaban J connectivity index is 1.52. The van der Waals surface area contributed by atoms with Crippen LogP contribution in [0.25, 0.3) is 5.69 Å². The van der Waals surface area contributed by atoms with Gasteiger partial charge in [-0.3, -0.25) is 14.7 Å². The molecule has 1 amide bonds. The second-order valence-electron chi connectivity index (χ2n) is 8.16. The van der Waals surface area contributed by atoms with Crippen molar-refractivity contribution in [1.29, 1.82) is 5.26 Å². The van der Waals surface area contributed by atoms with Gasteiger partial charge in [0.1, 0.15) is 16.9 Å². The number of aromatic nitrogens is 3. The number of para-hydroxylation sites is 1. The summed E-state index contributed by atoms with van der Waals surface area (Å²) in [5.74, 6) is 0.0981. The number of pyridine rings is 1. The second kappa shape index (κ2) is 10.5. The Morgan fingerprint density at radius 3 is 2.70 bits per heavy atom. The lowest BCUT2D eigenvalue weighted by atomic mass is 9.96. The zero-order chi connectivity index (χ0) is 23.2. The van der Waals surface area contributed by atoms with E-state index in [-0.39, 0.29) is 11.5 Å². The van der Waals surface area contributed by atoms with Gasteiger partial charge in [0.2, 0.25) is 5.91 Å². The van der Waals surface area contributed by atoms with E-state index in [1.165, 1.54) is 35.4 Å². The number of benzene rings is 1. The molecule has 33 heavy (non-hydrogen) atoms. The maximum Gasteiger partial charge on any atom is 0.273 e. The van der Waals surface area contributed by atoms with Crippen molar-refractivity contribution in [3.8, 4) is 11.8 Å². The van der Waals surface area contributed by atoms with Crippen LogP contribution in [0.4, 0.5) is 5.82 Å². The molecule has 1 unspecified atom stereocenters. The highest BCUT2D eigenvalue weighted by Crippen LogP contribution is 2.31. The third-order valence-electron chi connectivity index (χ3n) is 5.80. The first-order valence-corrected chi connectivity index (χ1v) is 12.2. The summed E-state index contributed by atoms with van der Waals surface area (Å²) in [5, 5.41) is 15.6. The van der Waals surface area contributed by atoms with Crippen LogP contribution in [0.1, 0.15) is 55.8 Å². The summed E-state index contributed by atoms with van der Waals surface area (Å²) in [6.07, 6.45) is 7.04. The van der Waals surface area contributed by atoms with E-state index in [0.717, 1.165) is 36.9 Å². The van der Waals surface area contributed by atoms with Gasteiger partial charge in [-0.15, -0.1) is 0 Å². The summed E-state index contributed by atoms with van der Waals surface area (Å²) < 4.78 is 1.38. The van der Waals surface area contributed by atoms with E-state index in [1.54, 1.807) is 0 Å². The molecule has 3 aromatic rings. The van der Waals surface area contributed by atoms with Gasteiger partial charge in [-0.1, -0.05) is 49.7 Å². The monoisotopic (exact) mass is 461 g/mol. The maximum absolute atomic E-state index is 13.0. The van der Waals surface area contributed by atoms with Crippen molar-refractivity contribution in [1.82, 2.24) is 14.8 Å². The van der Waals surface area contributed by atoms with Gasteiger partial charge in [0.15, 0.2) is 0 Å². The number of carbonyl (C=O) groups is 1. The van der Waals surface area contributed by atoms with Gasteiger partial charge in [0.05, 0.1) is 16.5 Å². The van der Waals surface area contributed by atoms with Gasteiger partial charge in [-0.05, 0) is 55.9 Å². The molecule has 0 aliphatic heterocycles. The number of nitrogens with one attached hydrogen (secondary N) is 2. The van der Waals surface area contributed by atoms with Crippen molar-refractivity contribution in [2.45, 2.75) is 62.1 Å². The summed E-state index contributed by atoms with van der Waals surface area (Å²) in [5.41, 5.74) is 3.17. The zero-order valence-corrected chi connectivity index (χ0v) is 19.5. The summed E-state index contributed by atoms with van der Waals surface area (Å²) in [6, 6.07) is 14.8. The number of fused-ring (bicyclic) bond motifs is 1. The number of aryl methyl sites for hydroxylation is 2. The number of carbonyl (C=O) groups excluding carboxylic acids is 1. The van der Waals surface area contributed by atoms with E-state index in [9.17, 15) is 14.9 Å². The fraction of sp³-hybridized carbons (Fsp3) is 0.360. The van der Waals surface area contributed by atoms with Crippen molar-refractivity contribution in [3.05, 3.63) is 69.6 Å². The third-order valence-corrected chi connectivity index (χ3v) is 7.16. The molecular weight excluding hydrogens is 434 g/mol. The fourth-order valence-corrected chi connectivity index (χ4v) is 5.03. The molecule has 2 aromatic heterocycles. The average molecular weight is 462 g/mol. The molecule has 0 bridgehead atoms. The van der Waals surface area contributed by atoms with Crippen LogP contribution < -0.4 is 10.9 Å². The van der Waals surface area contributed by atoms with E-state index in [1.807, 2.05) is 43.3 Å². The SMILES string of the molecule is CCC(Sc1nc2c(cc1C#N)CCCCCC2)C(=O)Nc1cc(=O)n(-c2ccccc2)[nH]1. The van der Waals surface area contributed by atoms with Gasteiger partial charge >= 0.3 is 0 Å². The molecule has 8 heteroatoms. The highest BCUT2D eigenvalue weighted by molar-refractivity contribution is 8.00. The van der Waals surface area contributed by atoms with Crippen LogP contribution in [0.5, 0.6) is 0 Å². The van der Waals surface area contributed by atoms with Gasteiger partial charge in [-0.25, -0.2) is 9.67 Å². The van der Waals surface area contributed by atoms with E-state index < -0.39 is 5.25 Å². The summed E-state index contributed by atoms with van der Waals surface area (Å²) >= 11 is 1.32. The molecule has 0 fully saturated rings. The lowest BCUT2D eigenvalue weighted by Crippen LogP contribution is -2.25. The quantitative estimate of drug-likeness (QED) is 0.522. The Kier molecular flexibility index (Phi) is 7.30. The molecule has 0 spiro atoms. The first-order chi connectivity index (χ1) is 16.1. The predicted octanol–water partition coefficient (Wildman–Crippen LogP) is 4.60. The van der Waals surface area contributed by atoms with Gasteiger partial charge in [0, 0.05) is 11.8 Å². The highest BCUT2D eigenvalue weighted by atomic mass is 32.2. The van der Waals surface area contributed by atoms with Crippen molar-refractivity contribution in [2.24, 2.45) is 0 Å². The fourth-order valence-electron chi connectivity index (χ4n) is 4.04. The first-order valence-electron chi connectivity index (χ1n) is 11.4. The van der Waals surface area contributed by atoms with Gasteiger partial charge in [-0.2, -0.15) is 5.26 Å². The van der Waals surface area contributed by atoms with Crippen molar-refractivity contribution in [3.63, 3.8) is 0 Å². The molecule has 170 valence electrons. The number of hydrogen-bond donors (Lipinski definition) is 2. The minimum atomic E-state index is -0.445. The van der Waals surface area contributed by atoms with Crippen LogP contribution in [-0.4, -0.2) is 25.9 Å². The Bertz CT molecular complexity index is 1230. The molecule has 7 nitrogen and oxygen atoms in total. The van der Waals surface area contributed by atoms with E-state index >= 15 is 0 Å². The van der Waals surface area contributed by atoms with Crippen molar-refractivity contribution in [2.75, 3.05) is 5.32 Å². The molecule has 2 N–H and O–H groups in total. The Labute approximate surface area is 197 Å². The summed E-state index contributed by atoms with van der Waals surface area (Å²) in [7, 11) is 0. The van der Waals surface area contributed by atoms with Gasteiger partial charge in [0.25, 0.3) is 5.56 Å². The number of hydrogen-bond acceptors (Lipinski definition) is 5. The normalized spacial score (nSPS) is 14.4. The second-order valence-corrected chi connectivity index (χ2v) is 9.35. The van der Waals surface area contributed by atoms with Crippen LogP contribution >= 0.6 is 11.8 Å². The first kappa shape index (κ1) is 22.9. The molecule has 1 aliphatic rings. The molecule has 1 atom stereocenters. The Morgan fingerprint density at radius 2 is 1.97 bits per heavy atom. The number of nitriles is 1. The molecule has 2 heterocycles. The van der Waals surface area contributed by atoms with E-state index in [4.69, 9.17) is 4.98 Å². The number of nitrogens with zero attached hydrogens (tertiary/aromatic N) is 3. The lowest BCUT2D eigenvalue weighted by Gasteiger charge is -2.18. The zero-order valence-electron chi connectivity index (χ0n) is 18.6. The smallest absolute Gasteiger partial charge is 0.273 e. The number of aromatic amines is 1. The molecule has 0 saturated carbocycles. The van der Waals surface area contributed by atoms with Crippen molar-refractivity contribution < 1.29 is 4.79 Å². The van der Waals surface area contributed by atoms with E-state index in [2.05, 4.69) is 16.5 Å². The maximum atomic E-state index is 13.0.